The van der Waals surface area contributed by atoms with Crippen molar-refractivity contribution < 1.29 is 0 Å². The first-order chi connectivity index (χ1) is 10.5. The zero-order valence-electron chi connectivity index (χ0n) is 13.8. The number of nitrogens with two attached hydrogens (primary N) is 1. The van der Waals surface area contributed by atoms with E-state index in [2.05, 4.69) is 20.6 Å². The number of rotatable bonds is 6. The minimum atomic E-state index is 0.150. The van der Waals surface area contributed by atoms with Crippen LogP contribution >= 0.6 is 0 Å². The quantitative estimate of drug-likeness (QED) is 0.605. The molecule has 1 aromatic rings. The molecule has 6 heteroatoms. The summed E-state index contributed by atoms with van der Waals surface area (Å²) in [6.45, 7) is 4.91. The Balaban J connectivity index is 2.08. The summed E-state index contributed by atoms with van der Waals surface area (Å²) < 4.78 is 0. The van der Waals surface area contributed by atoms with Gasteiger partial charge in [0, 0.05) is 31.5 Å². The molecule has 0 bridgehead atoms. The van der Waals surface area contributed by atoms with Crippen LogP contribution in [0.3, 0.4) is 0 Å². The van der Waals surface area contributed by atoms with Crippen LogP contribution < -0.4 is 16.4 Å². The van der Waals surface area contributed by atoms with Crippen LogP contribution in [0.1, 0.15) is 45.1 Å². The van der Waals surface area contributed by atoms with Crippen molar-refractivity contribution in [3.05, 3.63) is 11.8 Å². The first-order valence-corrected chi connectivity index (χ1v) is 8.14. The van der Waals surface area contributed by atoms with Crippen molar-refractivity contribution >= 4 is 17.5 Å². The standard InChI is InChI=1S/C16H28N6/c1-10(2)14(18)13-9-21-16(19-3)22-15(13)20-8-11-4-6-12(17)7-5-11/h9-12,18H,4-8,17H2,1-3H3,(H2,19,20,21,22). The maximum Gasteiger partial charge on any atom is 0.224 e. The Morgan fingerprint density at radius 1 is 1.36 bits per heavy atom. The molecule has 6 nitrogen and oxygen atoms in total. The molecule has 0 aliphatic heterocycles. The molecular formula is C16H28N6. The monoisotopic (exact) mass is 304 g/mol. The molecule has 0 atom stereocenters. The van der Waals surface area contributed by atoms with Gasteiger partial charge in [-0.3, -0.25) is 0 Å². The van der Waals surface area contributed by atoms with Crippen molar-refractivity contribution in [2.45, 2.75) is 45.6 Å². The second-order valence-electron chi connectivity index (χ2n) is 6.44. The van der Waals surface area contributed by atoms with E-state index < -0.39 is 0 Å². The number of nitrogens with one attached hydrogen (secondary N) is 3. The van der Waals surface area contributed by atoms with Crippen molar-refractivity contribution in [3.8, 4) is 0 Å². The summed E-state index contributed by atoms with van der Waals surface area (Å²) in [5.74, 6) is 2.12. The summed E-state index contributed by atoms with van der Waals surface area (Å²) in [5.41, 5.74) is 7.32. The van der Waals surface area contributed by atoms with Gasteiger partial charge >= 0.3 is 0 Å². The molecule has 0 aromatic carbocycles. The Hall–Kier alpha value is -1.69. The van der Waals surface area contributed by atoms with E-state index in [1.54, 1.807) is 13.2 Å². The first-order valence-electron chi connectivity index (χ1n) is 8.14. The molecule has 0 unspecified atom stereocenters. The minimum Gasteiger partial charge on any atom is -0.369 e. The van der Waals surface area contributed by atoms with E-state index in [1.807, 2.05) is 13.8 Å². The third-order valence-electron chi connectivity index (χ3n) is 4.33. The van der Waals surface area contributed by atoms with Gasteiger partial charge in [-0.05, 0) is 37.5 Å². The number of nitrogens with zero attached hydrogens (tertiary/aromatic N) is 2. The molecular weight excluding hydrogens is 276 g/mol. The molecule has 1 fully saturated rings. The van der Waals surface area contributed by atoms with Crippen LogP contribution in [-0.2, 0) is 0 Å². The van der Waals surface area contributed by atoms with Gasteiger partial charge in [0.25, 0.3) is 0 Å². The molecule has 2 rings (SSSR count). The van der Waals surface area contributed by atoms with Crippen molar-refractivity contribution in [2.24, 2.45) is 17.6 Å². The van der Waals surface area contributed by atoms with Gasteiger partial charge in [0.15, 0.2) is 0 Å². The van der Waals surface area contributed by atoms with Crippen LogP contribution in [0.4, 0.5) is 11.8 Å². The smallest absolute Gasteiger partial charge is 0.224 e. The summed E-state index contributed by atoms with van der Waals surface area (Å²) in [6.07, 6.45) is 6.27. The maximum atomic E-state index is 8.25. The number of anilines is 2. The Morgan fingerprint density at radius 2 is 2.05 bits per heavy atom. The van der Waals surface area contributed by atoms with Crippen molar-refractivity contribution in [1.29, 1.82) is 5.41 Å². The van der Waals surface area contributed by atoms with E-state index in [0.717, 1.165) is 43.6 Å². The summed E-state index contributed by atoms with van der Waals surface area (Å²) in [4.78, 5) is 8.74. The van der Waals surface area contributed by atoms with E-state index in [0.29, 0.717) is 23.6 Å². The molecule has 0 saturated heterocycles. The normalized spacial score (nSPS) is 21.7. The minimum absolute atomic E-state index is 0.150. The largest absolute Gasteiger partial charge is 0.369 e. The van der Waals surface area contributed by atoms with Crippen LogP contribution in [0, 0.1) is 17.2 Å². The molecule has 1 aliphatic carbocycles. The lowest BCUT2D eigenvalue weighted by Gasteiger charge is -2.26. The van der Waals surface area contributed by atoms with E-state index >= 15 is 0 Å². The second-order valence-corrected chi connectivity index (χ2v) is 6.44. The summed E-state index contributed by atoms with van der Waals surface area (Å²) >= 11 is 0. The molecule has 5 N–H and O–H groups in total. The number of aromatic nitrogens is 2. The molecule has 22 heavy (non-hydrogen) atoms. The van der Waals surface area contributed by atoms with Gasteiger partial charge in [0.05, 0.1) is 5.56 Å². The zero-order chi connectivity index (χ0) is 16.1. The fraction of sp³-hybridized carbons (Fsp3) is 0.688. The first kappa shape index (κ1) is 16.7. The topological polar surface area (TPSA) is 99.7 Å². The maximum absolute atomic E-state index is 8.25. The molecule has 0 radical (unpaired) electrons. The molecule has 0 amide bonds. The highest BCUT2D eigenvalue weighted by molar-refractivity contribution is 6.03. The van der Waals surface area contributed by atoms with Gasteiger partial charge in [-0.1, -0.05) is 13.8 Å². The highest BCUT2D eigenvalue weighted by Gasteiger charge is 2.20. The Labute approximate surface area is 132 Å². The van der Waals surface area contributed by atoms with Gasteiger partial charge in [-0.2, -0.15) is 4.98 Å². The molecule has 1 aliphatic rings. The third-order valence-corrected chi connectivity index (χ3v) is 4.33. The average Bonchev–Trinajstić information content (AvgIpc) is 2.53. The van der Waals surface area contributed by atoms with Gasteiger partial charge < -0.3 is 21.8 Å². The SMILES string of the molecule is CNc1ncc(C(=N)C(C)C)c(NCC2CCC(N)CC2)n1. The van der Waals surface area contributed by atoms with Crippen LogP contribution in [0.15, 0.2) is 6.20 Å². The second kappa shape index (κ2) is 7.54. The Morgan fingerprint density at radius 3 is 2.64 bits per heavy atom. The Bertz CT molecular complexity index is 505. The lowest BCUT2D eigenvalue weighted by Crippen LogP contribution is -2.29. The van der Waals surface area contributed by atoms with E-state index in [9.17, 15) is 0 Å². The van der Waals surface area contributed by atoms with Crippen LogP contribution in [0.25, 0.3) is 0 Å². The molecule has 0 spiro atoms. The van der Waals surface area contributed by atoms with Crippen molar-refractivity contribution in [1.82, 2.24) is 9.97 Å². The van der Waals surface area contributed by atoms with Gasteiger partial charge in [-0.15, -0.1) is 0 Å². The van der Waals surface area contributed by atoms with E-state index in [4.69, 9.17) is 11.1 Å². The zero-order valence-corrected chi connectivity index (χ0v) is 13.8. The van der Waals surface area contributed by atoms with Crippen LogP contribution in [0.5, 0.6) is 0 Å². The van der Waals surface area contributed by atoms with Crippen molar-refractivity contribution in [3.63, 3.8) is 0 Å². The fourth-order valence-corrected chi connectivity index (χ4v) is 2.78. The molecule has 1 heterocycles. The third kappa shape index (κ3) is 4.16. The molecule has 1 aromatic heterocycles. The highest BCUT2D eigenvalue weighted by atomic mass is 15.1. The summed E-state index contributed by atoms with van der Waals surface area (Å²) in [5, 5.41) is 14.6. The van der Waals surface area contributed by atoms with E-state index in [1.165, 1.54) is 0 Å². The number of hydrogen-bond donors (Lipinski definition) is 4. The lowest BCUT2D eigenvalue weighted by atomic mass is 9.86. The predicted molar refractivity (Wildman–Crippen MR) is 91.7 cm³/mol. The predicted octanol–water partition coefficient (Wildman–Crippen LogP) is 2.47. The molecule has 1 saturated carbocycles. The highest BCUT2D eigenvalue weighted by Crippen LogP contribution is 2.24. The average molecular weight is 304 g/mol. The van der Waals surface area contributed by atoms with Gasteiger partial charge in [-0.25, -0.2) is 4.98 Å². The lowest BCUT2D eigenvalue weighted by molar-refractivity contribution is 0.338. The summed E-state index contributed by atoms with van der Waals surface area (Å²) in [6, 6.07) is 0.371. The van der Waals surface area contributed by atoms with E-state index in [-0.39, 0.29) is 5.92 Å². The fourth-order valence-electron chi connectivity index (χ4n) is 2.78. The van der Waals surface area contributed by atoms with Crippen LogP contribution in [0.2, 0.25) is 0 Å². The Kier molecular flexibility index (Phi) is 5.71. The van der Waals surface area contributed by atoms with Gasteiger partial charge in [0.1, 0.15) is 5.82 Å². The number of hydrogen-bond acceptors (Lipinski definition) is 6. The summed E-state index contributed by atoms with van der Waals surface area (Å²) in [7, 11) is 1.80. The van der Waals surface area contributed by atoms with Crippen molar-refractivity contribution in [2.75, 3.05) is 24.2 Å². The van der Waals surface area contributed by atoms with Gasteiger partial charge in [0.2, 0.25) is 5.95 Å². The van der Waals surface area contributed by atoms with Crippen LogP contribution in [-0.4, -0.2) is 35.3 Å². The molecule has 122 valence electrons.